The molecule has 1 aromatic carbocycles. The van der Waals surface area contributed by atoms with Crippen LogP contribution in [0.5, 0.6) is 0 Å². The van der Waals surface area contributed by atoms with Crippen molar-refractivity contribution in [2.75, 3.05) is 0 Å². The minimum Gasteiger partial charge on any atom is -0.366 e. The molecule has 0 aliphatic heterocycles. The number of nitrogens with zero attached hydrogens (tertiary/aromatic N) is 2. The predicted octanol–water partition coefficient (Wildman–Crippen LogP) is 0.682. The highest BCUT2D eigenvalue weighted by Crippen LogP contribution is 2.04. The summed E-state index contributed by atoms with van der Waals surface area (Å²) in [4.78, 5) is 34.7. The number of nitrogens with one attached hydrogen (secondary N) is 1. The van der Waals surface area contributed by atoms with E-state index in [1.807, 2.05) is 6.92 Å². The Labute approximate surface area is 133 Å². The molecule has 0 atom stereocenters. The second-order valence-electron chi connectivity index (χ2n) is 5.02. The number of aryl methyl sites for hydroxylation is 1. The first-order valence-corrected chi connectivity index (χ1v) is 7.26. The fourth-order valence-electron chi connectivity index (χ4n) is 2.00. The molecular formula is C16H18N4O3. The standard InChI is InChI=1S/C16H18N4O3/c1-2-9-20-14(21)8-7-13(19-20)16(23)18-10-11-3-5-12(6-4-11)15(17)22/h3-8H,2,9-10H2,1H3,(H2,17,22)(H,18,23). The number of carbonyl (C=O) groups excluding carboxylic acids is 2. The van der Waals surface area contributed by atoms with Gasteiger partial charge in [0, 0.05) is 24.7 Å². The van der Waals surface area contributed by atoms with Gasteiger partial charge in [-0.25, -0.2) is 4.68 Å². The van der Waals surface area contributed by atoms with Crippen molar-refractivity contribution in [3.05, 3.63) is 63.6 Å². The van der Waals surface area contributed by atoms with Gasteiger partial charge >= 0.3 is 0 Å². The highest BCUT2D eigenvalue weighted by atomic mass is 16.2. The number of primary amides is 1. The molecular weight excluding hydrogens is 296 g/mol. The first-order chi connectivity index (χ1) is 11.0. The van der Waals surface area contributed by atoms with Gasteiger partial charge in [0.25, 0.3) is 11.5 Å². The Morgan fingerprint density at radius 3 is 2.48 bits per heavy atom. The zero-order valence-corrected chi connectivity index (χ0v) is 12.8. The van der Waals surface area contributed by atoms with Gasteiger partial charge in [0.05, 0.1) is 0 Å². The van der Waals surface area contributed by atoms with Crippen molar-refractivity contribution in [3.63, 3.8) is 0 Å². The number of benzene rings is 1. The SMILES string of the molecule is CCCn1nc(C(=O)NCc2ccc(C(N)=O)cc2)ccc1=O. The van der Waals surface area contributed by atoms with Crippen LogP contribution in [0.15, 0.2) is 41.2 Å². The summed E-state index contributed by atoms with van der Waals surface area (Å²) in [5.74, 6) is -0.864. The molecule has 0 saturated heterocycles. The third kappa shape index (κ3) is 4.26. The molecule has 0 bridgehead atoms. The van der Waals surface area contributed by atoms with Crippen molar-refractivity contribution in [2.45, 2.75) is 26.4 Å². The van der Waals surface area contributed by atoms with E-state index in [-0.39, 0.29) is 23.7 Å². The van der Waals surface area contributed by atoms with Crippen LogP contribution in [0.3, 0.4) is 0 Å². The Morgan fingerprint density at radius 1 is 1.17 bits per heavy atom. The van der Waals surface area contributed by atoms with Crippen molar-refractivity contribution in [3.8, 4) is 0 Å². The minimum absolute atomic E-state index is 0.187. The Kier molecular flexibility index (Phi) is 5.24. The van der Waals surface area contributed by atoms with E-state index in [9.17, 15) is 14.4 Å². The van der Waals surface area contributed by atoms with Gasteiger partial charge in [-0.15, -0.1) is 0 Å². The first-order valence-electron chi connectivity index (χ1n) is 7.26. The first kappa shape index (κ1) is 16.4. The lowest BCUT2D eigenvalue weighted by Crippen LogP contribution is -2.29. The Hall–Kier alpha value is -2.96. The molecule has 23 heavy (non-hydrogen) atoms. The van der Waals surface area contributed by atoms with Gasteiger partial charge in [-0.1, -0.05) is 19.1 Å². The lowest BCUT2D eigenvalue weighted by molar-refractivity contribution is 0.0942. The Bertz CT molecular complexity index is 766. The zero-order valence-electron chi connectivity index (χ0n) is 12.8. The van der Waals surface area contributed by atoms with E-state index in [1.54, 1.807) is 24.3 Å². The highest BCUT2D eigenvalue weighted by Gasteiger charge is 2.09. The third-order valence-corrected chi connectivity index (χ3v) is 3.23. The maximum atomic E-state index is 12.1. The molecule has 0 fully saturated rings. The average Bonchev–Trinajstić information content (AvgIpc) is 2.55. The van der Waals surface area contributed by atoms with Crippen LogP contribution in [-0.2, 0) is 13.1 Å². The molecule has 0 aliphatic rings. The van der Waals surface area contributed by atoms with Gasteiger partial charge in [-0.05, 0) is 30.2 Å². The average molecular weight is 314 g/mol. The predicted molar refractivity (Wildman–Crippen MR) is 84.9 cm³/mol. The molecule has 2 rings (SSSR count). The molecule has 0 radical (unpaired) electrons. The fraction of sp³-hybridized carbons (Fsp3) is 0.250. The number of hydrogen-bond acceptors (Lipinski definition) is 4. The van der Waals surface area contributed by atoms with Crippen LogP contribution in [0, 0.1) is 0 Å². The number of aromatic nitrogens is 2. The van der Waals surface area contributed by atoms with Crippen LogP contribution >= 0.6 is 0 Å². The molecule has 2 aromatic rings. The maximum Gasteiger partial charge on any atom is 0.271 e. The Balaban J connectivity index is 2.03. The summed E-state index contributed by atoms with van der Waals surface area (Å²) in [5.41, 5.74) is 6.36. The van der Waals surface area contributed by atoms with Crippen molar-refractivity contribution in [2.24, 2.45) is 5.73 Å². The van der Waals surface area contributed by atoms with Crippen LogP contribution in [0.4, 0.5) is 0 Å². The molecule has 0 spiro atoms. The largest absolute Gasteiger partial charge is 0.366 e. The van der Waals surface area contributed by atoms with E-state index in [1.165, 1.54) is 16.8 Å². The second-order valence-corrected chi connectivity index (χ2v) is 5.02. The fourth-order valence-corrected chi connectivity index (χ4v) is 2.00. The van der Waals surface area contributed by atoms with Crippen LogP contribution < -0.4 is 16.6 Å². The summed E-state index contributed by atoms with van der Waals surface area (Å²) in [5, 5.41) is 6.76. The minimum atomic E-state index is -0.497. The molecule has 120 valence electrons. The van der Waals surface area contributed by atoms with Crippen molar-refractivity contribution in [1.29, 1.82) is 0 Å². The molecule has 1 aromatic heterocycles. The summed E-state index contributed by atoms with van der Waals surface area (Å²) in [6.07, 6.45) is 0.754. The second kappa shape index (κ2) is 7.35. The number of hydrogen-bond donors (Lipinski definition) is 2. The molecule has 0 saturated carbocycles. The highest BCUT2D eigenvalue weighted by molar-refractivity contribution is 5.93. The Morgan fingerprint density at radius 2 is 1.87 bits per heavy atom. The van der Waals surface area contributed by atoms with Crippen LogP contribution in [0.2, 0.25) is 0 Å². The number of rotatable bonds is 6. The van der Waals surface area contributed by atoms with E-state index in [4.69, 9.17) is 5.73 Å². The monoisotopic (exact) mass is 314 g/mol. The topological polar surface area (TPSA) is 107 Å². The lowest BCUT2D eigenvalue weighted by atomic mass is 10.1. The lowest BCUT2D eigenvalue weighted by Gasteiger charge is -2.07. The van der Waals surface area contributed by atoms with E-state index in [2.05, 4.69) is 10.4 Å². The van der Waals surface area contributed by atoms with E-state index >= 15 is 0 Å². The van der Waals surface area contributed by atoms with Gasteiger partial charge in [0.2, 0.25) is 5.91 Å². The van der Waals surface area contributed by atoms with Crippen molar-refractivity contribution in [1.82, 2.24) is 15.1 Å². The summed E-state index contributed by atoms with van der Waals surface area (Å²) in [7, 11) is 0. The number of carbonyl (C=O) groups is 2. The third-order valence-electron chi connectivity index (χ3n) is 3.23. The van der Waals surface area contributed by atoms with Crippen LogP contribution in [-0.4, -0.2) is 21.6 Å². The van der Waals surface area contributed by atoms with Crippen LogP contribution in [0.25, 0.3) is 0 Å². The van der Waals surface area contributed by atoms with Gasteiger partial charge < -0.3 is 11.1 Å². The molecule has 7 nitrogen and oxygen atoms in total. The van der Waals surface area contributed by atoms with Crippen molar-refractivity contribution < 1.29 is 9.59 Å². The van der Waals surface area contributed by atoms with E-state index < -0.39 is 5.91 Å². The smallest absolute Gasteiger partial charge is 0.271 e. The van der Waals surface area contributed by atoms with Gasteiger partial charge in [0.1, 0.15) is 5.69 Å². The summed E-state index contributed by atoms with van der Waals surface area (Å²) < 4.78 is 1.27. The molecule has 0 aliphatic carbocycles. The quantitative estimate of drug-likeness (QED) is 0.817. The normalized spacial score (nSPS) is 10.3. The van der Waals surface area contributed by atoms with E-state index in [0.717, 1.165) is 12.0 Å². The van der Waals surface area contributed by atoms with Gasteiger partial charge in [-0.2, -0.15) is 5.10 Å². The van der Waals surface area contributed by atoms with E-state index in [0.29, 0.717) is 12.1 Å². The number of nitrogens with two attached hydrogens (primary N) is 1. The summed E-state index contributed by atoms with van der Waals surface area (Å²) in [6, 6.07) is 9.36. The molecule has 7 heteroatoms. The summed E-state index contributed by atoms with van der Waals surface area (Å²) >= 11 is 0. The molecule has 3 N–H and O–H groups in total. The summed E-state index contributed by atoms with van der Waals surface area (Å²) in [6.45, 7) is 2.68. The maximum absolute atomic E-state index is 12.1. The zero-order chi connectivity index (χ0) is 16.8. The van der Waals surface area contributed by atoms with Gasteiger partial charge in [-0.3, -0.25) is 14.4 Å². The molecule has 2 amide bonds. The molecule has 0 unspecified atom stereocenters. The van der Waals surface area contributed by atoms with Crippen LogP contribution in [0.1, 0.15) is 39.8 Å². The van der Waals surface area contributed by atoms with Crippen molar-refractivity contribution >= 4 is 11.8 Å². The molecule has 1 heterocycles. The number of amides is 2. The van der Waals surface area contributed by atoms with Gasteiger partial charge in [0.15, 0.2) is 0 Å².